The normalized spacial score (nSPS) is 12.0. The molecule has 0 unspecified atom stereocenters. The van der Waals surface area contributed by atoms with E-state index in [-0.39, 0.29) is 0 Å². The van der Waals surface area contributed by atoms with E-state index in [1.54, 1.807) is 18.6 Å². The average molecular weight is 439 g/mol. The van der Waals surface area contributed by atoms with E-state index in [4.69, 9.17) is 16.5 Å². The molecule has 0 aliphatic carbocycles. The maximum absolute atomic E-state index is 5.87. The number of pyridine rings is 2. The van der Waals surface area contributed by atoms with Crippen molar-refractivity contribution in [3.8, 4) is 0 Å². The predicted octanol–water partition coefficient (Wildman–Crippen LogP) is 4.44. The van der Waals surface area contributed by atoms with Gasteiger partial charge in [-0.2, -0.15) is 5.10 Å². The minimum Gasteiger partial charge on any atom is -0.404 e. The highest BCUT2D eigenvalue weighted by molar-refractivity contribution is 6.10. The summed E-state index contributed by atoms with van der Waals surface area (Å²) in [5.41, 5.74) is 17.6. The summed E-state index contributed by atoms with van der Waals surface area (Å²) < 4.78 is 0. The number of hydrogen-bond acceptors (Lipinski definition) is 8. The van der Waals surface area contributed by atoms with Crippen molar-refractivity contribution >= 4 is 40.1 Å². The van der Waals surface area contributed by atoms with E-state index in [0.717, 1.165) is 33.3 Å². The molecule has 3 aromatic heterocycles. The van der Waals surface area contributed by atoms with Crippen LogP contribution in [-0.4, -0.2) is 26.4 Å². The molecular weight excluding hydrogens is 412 g/mol. The lowest BCUT2D eigenvalue weighted by atomic mass is 10.1. The predicted molar refractivity (Wildman–Crippen MR) is 134 cm³/mol. The standard InChI is InChI=1S/C25H26N8/c1-16(2)18-10-25(33-30-15-18)32-24-7-6-22-23(31-24)9-19(14-29-22)20(11-26)13-28-12-17-4-3-5-21(27)8-17/h3-11,13-16H,12,26-27H2,1-2H3,(H,31,32,33). The summed E-state index contributed by atoms with van der Waals surface area (Å²) in [5, 5.41) is 11.4. The molecule has 0 atom stereocenters. The number of nitrogens with zero attached hydrogens (tertiary/aromatic N) is 5. The van der Waals surface area contributed by atoms with Crippen molar-refractivity contribution in [2.75, 3.05) is 11.1 Å². The number of nitrogens with two attached hydrogens (primary N) is 2. The number of allylic oxidation sites excluding steroid dienone is 1. The lowest BCUT2D eigenvalue weighted by Crippen LogP contribution is -2.00. The number of rotatable bonds is 7. The topological polar surface area (TPSA) is 128 Å². The molecule has 1 aromatic carbocycles. The Morgan fingerprint density at radius 1 is 1.06 bits per heavy atom. The van der Waals surface area contributed by atoms with E-state index in [1.165, 1.54) is 6.20 Å². The van der Waals surface area contributed by atoms with Crippen molar-refractivity contribution < 1.29 is 0 Å². The van der Waals surface area contributed by atoms with Crippen LogP contribution in [-0.2, 0) is 6.54 Å². The van der Waals surface area contributed by atoms with E-state index in [1.807, 2.05) is 48.5 Å². The molecule has 166 valence electrons. The number of hydrogen-bond donors (Lipinski definition) is 3. The van der Waals surface area contributed by atoms with E-state index in [9.17, 15) is 0 Å². The maximum atomic E-state index is 5.87. The number of aromatic nitrogens is 4. The summed E-state index contributed by atoms with van der Waals surface area (Å²) >= 11 is 0. The van der Waals surface area contributed by atoms with Gasteiger partial charge in [-0.15, -0.1) is 5.10 Å². The van der Waals surface area contributed by atoms with Crippen LogP contribution in [0.1, 0.15) is 36.5 Å². The van der Waals surface area contributed by atoms with E-state index >= 15 is 0 Å². The largest absolute Gasteiger partial charge is 0.404 e. The van der Waals surface area contributed by atoms with E-state index in [2.05, 4.69) is 39.3 Å². The summed E-state index contributed by atoms with van der Waals surface area (Å²) in [5.74, 6) is 1.67. The van der Waals surface area contributed by atoms with Gasteiger partial charge in [0.25, 0.3) is 0 Å². The van der Waals surface area contributed by atoms with Crippen molar-refractivity contribution in [3.63, 3.8) is 0 Å². The van der Waals surface area contributed by atoms with Crippen LogP contribution in [0.4, 0.5) is 17.3 Å². The monoisotopic (exact) mass is 438 g/mol. The number of nitrogen functional groups attached to an aromatic ring is 1. The van der Waals surface area contributed by atoms with Crippen molar-refractivity contribution in [1.29, 1.82) is 0 Å². The van der Waals surface area contributed by atoms with Crippen molar-refractivity contribution in [1.82, 2.24) is 20.2 Å². The van der Waals surface area contributed by atoms with Gasteiger partial charge < -0.3 is 16.8 Å². The third-order valence-corrected chi connectivity index (χ3v) is 5.10. The number of aliphatic imine (C=N–C) groups is 1. The van der Waals surface area contributed by atoms with Gasteiger partial charge in [0.2, 0.25) is 0 Å². The fourth-order valence-corrected chi connectivity index (χ4v) is 3.28. The quantitative estimate of drug-likeness (QED) is 0.287. The first kappa shape index (κ1) is 21.9. The van der Waals surface area contributed by atoms with Crippen molar-refractivity contribution in [2.24, 2.45) is 10.7 Å². The molecule has 8 heteroatoms. The minimum atomic E-state index is 0.361. The summed E-state index contributed by atoms with van der Waals surface area (Å²) in [7, 11) is 0. The van der Waals surface area contributed by atoms with Crippen LogP contribution < -0.4 is 16.8 Å². The average Bonchev–Trinajstić information content (AvgIpc) is 2.82. The second kappa shape index (κ2) is 9.86. The van der Waals surface area contributed by atoms with E-state index < -0.39 is 0 Å². The van der Waals surface area contributed by atoms with Gasteiger partial charge in [-0.3, -0.25) is 9.98 Å². The molecule has 3 heterocycles. The van der Waals surface area contributed by atoms with Crippen LogP contribution in [0.15, 0.2) is 72.1 Å². The minimum absolute atomic E-state index is 0.361. The molecule has 0 spiro atoms. The number of benzene rings is 1. The highest BCUT2D eigenvalue weighted by Gasteiger charge is 2.07. The Labute approximate surface area is 192 Å². The summed E-state index contributed by atoms with van der Waals surface area (Å²) in [6.07, 6.45) is 6.79. The van der Waals surface area contributed by atoms with Crippen molar-refractivity contribution in [2.45, 2.75) is 26.3 Å². The highest BCUT2D eigenvalue weighted by atomic mass is 15.2. The first-order valence-corrected chi connectivity index (χ1v) is 10.6. The third-order valence-electron chi connectivity index (χ3n) is 5.10. The number of fused-ring (bicyclic) bond motifs is 1. The molecule has 0 aliphatic heterocycles. The van der Waals surface area contributed by atoms with Gasteiger partial charge in [-0.1, -0.05) is 26.0 Å². The summed E-state index contributed by atoms with van der Waals surface area (Å²) in [6.45, 7) is 4.74. The van der Waals surface area contributed by atoms with Crippen LogP contribution in [0.25, 0.3) is 16.6 Å². The highest BCUT2D eigenvalue weighted by Crippen LogP contribution is 2.22. The number of nitrogens with one attached hydrogen (secondary N) is 1. The van der Waals surface area contributed by atoms with Gasteiger partial charge in [0.15, 0.2) is 5.82 Å². The number of anilines is 3. The van der Waals surface area contributed by atoms with Crippen LogP contribution in [0.2, 0.25) is 0 Å². The molecule has 0 saturated carbocycles. The summed E-state index contributed by atoms with van der Waals surface area (Å²) in [6, 6.07) is 15.3. The van der Waals surface area contributed by atoms with Gasteiger partial charge >= 0.3 is 0 Å². The lowest BCUT2D eigenvalue weighted by molar-refractivity contribution is 0.843. The Bertz CT molecular complexity index is 1330. The first-order valence-electron chi connectivity index (χ1n) is 10.6. The molecule has 5 N–H and O–H groups in total. The molecule has 4 aromatic rings. The van der Waals surface area contributed by atoms with Gasteiger partial charge in [-0.25, -0.2) is 4.98 Å². The van der Waals surface area contributed by atoms with Crippen molar-refractivity contribution in [3.05, 3.63) is 83.8 Å². The van der Waals surface area contributed by atoms with Crippen LogP contribution in [0, 0.1) is 0 Å². The second-order valence-corrected chi connectivity index (χ2v) is 7.95. The molecule has 0 amide bonds. The lowest BCUT2D eigenvalue weighted by Gasteiger charge is -2.09. The zero-order chi connectivity index (χ0) is 23.2. The molecule has 0 radical (unpaired) electrons. The SMILES string of the molecule is CC(C)c1cnnc(Nc2ccc3ncc(C(C=NCc4cccc(N)c4)=CN)cc3n2)c1. The molecule has 0 fully saturated rings. The van der Waals surface area contributed by atoms with Crippen LogP contribution in [0.3, 0.4) is 0 Å². The van der Waals surface area contributed by atoms with Gasteiger partial charge in [0.05, 0.1) is 23.8 Å². The zero-order valence-electron chi connectivity index (χ0n) is 18.6. The Morgan fingerprint density at radius 2 is 1.94 bits per heavy atom. The molecule has 33 heavy (non-hydrogen) atoms. The van der Waals surface area contributed by atoms with Crippen LogP contribution in [0.5, 0.6) is 0 Å². The first-order chi connectivity index (χ1) is 16.0. The Balaban J connectivity index is 1.54. The fourth-order valence-electron chi connectivity index (χ4n) is 3.28. The summed E-state index contributed by atoms with van der Waals surface area (Å²) in [4.78, 5) is 13.7. The molecule has 0 aliphatic rings. The van der Waals surface area contributed by atoms with Gasteiger partial charge in [-0.05, 0) is 53.4 Å². The van der Waals surface area contributed by atoms with E-state index in [0.29, 0.717) is 29.8 Å². The second-order valence-electron chi connectivity index (χ2n) is 7.95. The molecule has 8 nitrogen and oxygen atoms in total. The Kier molecular flexibility index (Phi) is 6.54. The molecule has 4 rings (SSSR count). The molecule has 0 bridgehead atoms. The van der Waals surface area contributed by atoms with Gasteiger partial charge in [0, 0.05) is 35.4 Å². The van der Waals surface area contributed by atoms with Gasteiger partial charge in [0.1, 0.15) is 5.82 Å². The molecular formula is C25H26N8. The Morgan fingerprint density at radius 3 is 2.73 bits per heavy atom. The fraction of sp³-hybridized carbons (Fsp3) is 0.160. The maximum Gasteiger partial charge on any atom is 0.154 e. The third kappa shape index (κ3) is 5.48. The Hall–Kier alpha value is -4.33. The van der Waals surface area contributed by atoms with Crippen LogP contribution >= 0.6 is 0 Å². The molecule has 0 saturated heterocycles. The smallest absolute Gasteiger partial charge is 0.154 e. The zero-order valence-corrected chi connectivity index (χ0v) is 18.6.